The summed E-state index contributed by atoms with van der Waals surface area (Å²) in [6.45, 7) is 5.15. The largest absolute Gasteiger partial charge is 0.465 e. The third-order valence-electron chi connectivity index (χ3n) is 4.19. The van der Waals surface area contributed by atoms with Gasteiger partial charge >= 0.3 is 12.1 Å². The van der Waals surface area contributed by atoms with Crippen LogP contribution in [0.2, 0.25) is 0 Å². The highest BCUT2D eigenvalue weighted by Crippen LogP contribution is 2.31. The van der Waals surface area contributed by atoms with Crippen LogP contribution in [-0.2, 0) is 4.79 Å². The number of esters is 1. The van der Waals surface area contributed by atoms with E-state index in [-0.39, 0.29) is 0 Å². The molecule has 1 fully saturated rings. The van der Waals surface area contributed by atoms with Gasteiger partial charge in [0.25, 0.3) is 0 Å². The molecule has 9 nitrogen and oxygen atoms in total. The average molecular weight is 384 g/mol. The number of carboxylic acid groups (broad SMARTS) is 1. The Bertz CT molecular complexity index is 894. The van der Waals surface area contributed by atoms with Crippen LogP contribution < -0.4 is 20.1 Å². The summed E-state index contributed by atoms with van der Waals surface area (Å²) >= 11 is 0. The van der Waals surface area contributed by atoms with E-state index in [2.05, 4.69) is 11.6 Å². The number of hydrogen-bond donors (Lipinski definition) is 2. The first-order chi connectivity index (χ1) is 13.5. The Morgan fingerprint density at radius 3 is 2.54 bits per heavy atom. The fraction of sp³-hybridized carbons (Fsp3) is 0.211. The molecule has 2 aromatic rings. The van der Waals surface area contributed by atoms with E-state index in [4.69, 9.17) is 20.3 Å². The number of nitrogens with zero attached hydrogens (tertiary/aromatic N) is 3. The van der Waals surface area contributed by atoms with E-state index in [0.29, 0.717) is 54.9 Å². The predicted octanol–water partition coefficient (Wildman–Crippen LogP) is 2.35. The minimum Gasteiger partial charge on any atom is -0.465 e. The van der Waals surface area contributed by atoms with E-state index >= 15 is 0 Å². The number of amides is 1. The first kappa shape index (κ1) is 19.0. The van der Waals surface area contributed by atoms with Crippen LogP contribution in [0.25, 0.3) is 0 Å². The van der Waals surface area contributed by atoms with Crippen molar-refractivity contribution in [3.05, 3.63) is 49.2 Å². The fourth-order valence-corrected chi connectivity index (χ4v) is 2.79. The van der Waals surface area contributed by atoms with Crippen LogP contribution in [0.3, 0.4) is 0 Å². The number of benzene rings is 1. The monoisotopic (exact) mass is 384 g/mol. The zero-order valence-corrected chi connectivity index (χ0v) is 15.1. The Morgan fingerprint density at radius 2 is 1.86 bits per heavy atom. The zero-order valence-electron chi connectivity index (χ0n) is 15.1. The molecular weight excluding hydrogens is 364 g/mol. The lowest BCUT2D eigenvalue weighted by Gasteiger charge is -2.34. The summed E-state index contributed by atoms with van der Waals surface area (Å²) in [6, 6.07) is 8.36. The molecule has 28 heavy (non-hydrogen) atoms. The molecule has 1 saturated heterocycles. The molecule has 0 saturated carbocycles. The molecule has 9 heteroatoms. The topological polar surface area (TPSA) is 118 Å². The van der Waals surface area contributed by atoms with E-state index in [1.54, 1.807) is 30.3 Å². The van der Waals surface area contributed by atoms with Gasteiger partial charge in [-0.1, -0.05) is 12.6 Å². The first-order valence-corrected chi connectivity index (χ1v) is 8.57. The maximum absolute atomic E-state index is 11.3. The van der Waals surface area contributed by atoms with Crippen molar-refractivity contribution in [3.63, 3.8) is 0 Å². The summed E-state index contributed by atoms with van der Waals surface area (Å²) in [4.78, 5) is 29.9. The number of rotatable bonds is 5. The number of anilines is 2. The van der Waals surface area contributed by atoms with Crippen LogP contribution in [0.15, 0.2) is 49.2 Å². The Morgan fingerprint density at radius 1 is 1.14 bits per heavy atom. The highest BCUT2D eigenvalue weighted by atomic mass is 16.5. The van der Waals surface area contributed by atoms with Crippen molar-refractivity contribution >= 4 is 23.6 Å². The van der Waals surface area contributed by atoms with Crippen molar-refractivity contribution in [2.45, 2.75) is 0 Å². The van der Waals surface area contributed by atoms with Crippen molar-refractivity contribution in [3.8, 4) is 17.2 Å². The zero-order chi connectivity index (χ0) is 20.1. The number of carbonyl (C=O) groups is 2. The van der Waals surface area contributed by atoms with Crippen LogP contribution >= 0.6 is 0 Å². The molecule has 0 spiro atoms. The molecule has 1 aliphatic heterocycles. The van der Waals surface area contributed by atoms with E-state index < -0.39 is 12.1 Å². The van der Waals surface area contributed by atoms with E-state index in [1.165, 1.54) is 11.1 Å². The molecule has 3 rings (SSSR count). The second-order valence-electron chi connectivity index (χ2n) is 6.03. The highest BCUT2D eigenvalue weighted by molar-refractivity contribution is 5.83. The molecule has 0 radical (unpaired) electrons. The smallest absolute Gasteiger partial charge is 0.407 e. The number of hydrogen-bond acceptors (Lipinski definition) is 7. The molecule has 1 aromatic carbocycles. The summed E-state index contributed by atoms with van der Waals surface area (Å²) in [7, 11) is 0. The maximum atomic E-state index is 11.3. The number of carbonyl (C=O) groups excluding carboxylic acids is 1. The molecule has 1 aromatic heterocycles. The number of ether oxygens (including phenoxy) is 2. The van der Waals surface area contributed by atoms with E-state index in [1.807, 2.05) is 4.90 Å². The summed E-state index contributed by atoms with van der Waals surface area (Å²) in [6.07, 6.45) is 1.64. The standard InChI is InChI=1S/C19H20N4O5/c1-2-17(24)28-14-5-3-4-13(10-14)27-15-11-16(18(20)21-12-15)22-6-8-23(9-7-22)19(25)26/h2-5,10-12H,1,6-9H2,(H2,20,21)(H,25,26). The molecular formula is C19H20N4O5. The third-order valence-corrected chi connectivity index (χ3v) is 4.19. The normalized spacial score (nSPS) is 13.7. The molecule has 2 heterocycles. The van der Waals surface area contributed by atoms with Gasteiger partial charge in [0.2, 0.25) is 0 Å². The molecule has 0 atom stereocenters. The molecule has 1 aliphatic rings. The van der Waals surface area contributed by atoms with Crippen LogP contribution in [0.5, 0.6) is 17.2 Å². The van der Waals surface area contributed by atoms with E-state index in [9.17, 15) is 9.59 Å². The Balaban J connectivity index is 1.73. The number of piperazine rings is 1. The molecule has 0 aliphatic carbocycles. The lowest BCUT2D eigenvalue weighted by molar-refractivity contribution is -0.128. The highest BCUT2D eigenvalue weighted by Gasteiger charge is 2.22. The number of nitrogens with two attached hydrogens (primary N) is 1. The molecule has 1 amide bonds. The molecule has 0 unspecified atom stereocenters. The number of pyridine rings is 1. The SMILES string of the molecule is C=CC(=O)Oc1cccc(Oc2cnc(N)c(N3CCN(C(=O)O)CC3)c2)c1. The van der Waals surface area contributed by atoms with Gasteiger partial charge < -0.3 is 30.1 Å². The molecule has 3 N–H and O–H groups in total. The summed E-state index contributed by atoms with van der Waals surface area (Å²) in [5.41, 5.74) is 6.67. The number of aromatic nitrogens is 1. The Labute approximate surface area is 161 Å². The van der Waals surface area contributed by atoms with Crippen molar-refractivity contribution in [1.29, 1.82) is 0 Å². The Hall–Kier alpha value is -3.75. The van der Waals surface area contributed by atoms with Crippen LogP contribution in [-0.4, -0.2) is 53.2 Å². The van der Waals surface area contributed by atoms with Gasteiger partial charge in [-0.25, -0.2) is 14.6 Å². The van der Waals surface area contributed by atoms with Gasteiger partial charge in [-0.3, -0.25) is 0 Å². The van der Waals surface area contributed by atoms with Crippen molar-refractivity contribution in [2.75, 3.05) is 36.8 Å². The lowest BCUT2D eigenvalue weighted by Crippen LogP contribution is -2.48. The first-order valence-electron chi connectivity index (χ1n) is 8.57. The van der Waals surface area contributed by atoms with Gasteiger partial charge in [-0.2, -0.15) is 0 Å². The minimum atomic E-state index is -0.931. The maximum Gasteiger partial charge on any atom is 0.407 e. The second-order valence-corrected chi connectivity index (χ2v) is 6.03. The van der Waals surface area contributed by atoms with Gasteiger partial charge in [0.05, 0.1) is 11.9 Å². The summed E-state index contributed by atoms with van der Waals surface area (Å²) in [5.74, 6) is 1.02. The van der Waals surface area contributed by atoms with Gasteiger partial charge in [-0.05, 0) is 12.1 Å². The quantitative estimate of drug-likeness (QED) is 0.458. The second kappa shape index (κ2) is 8.30. The van der Waals surface area contributed by atoms with Crippen molar-refractivity contribution in [2.24, 2.45) is 0 Å². The van der Waals surface area contributed by atoms with Gasteiger partial charge in [0.15, 0.2) is 0 Å². The molecule has 0 bridgehead atoms. The Kier molecular flexibility index (Phi) is 5.64. The minimum absolute atomic E-state index is 0.329. The van der Waals surface area contributed by atoms with Gasteiger partial charge in [0, 0.05) is 44.4 Å². The average Bonchev–Trinajstić information content (AvgIpc) is 2.69. The van der Waals surface area contributed by atoms with Crippen molar-refractivity contribution < 1.29 is 24.2 Å². The lowest BCUT2D eigenvalue weighted by atomic mass is 10.2. The summed E-state index contributed by atoms with van der Waals surface area (Å²) < 4.78 is 10.9. The summed E-state index contributed by atoms with van der Waals surface area (Å²) in [5, 5.41) is 9.06. The van der Waals surface area contributed by atoms with Gasteiger partial charge in [-0.15, -0.1) is 0 Å². The van der Waals surface area contributed by atoms with Crippen LogP contribution in [0, 0.1) is 0 Å². The number of nitrogen functional groups attached to an aromatic ring is 1. The van der Waals surface area contributed by atoms with Crippen LogP contribution in [0.4, 0.5) is 16.3 Å². The fourth-order valence-electron chi connectivity index (χ4n) is 2.79. The van der Waals surface area contributed by atoms with Gasteiger partial charge in [0.1, 0.15) is 23.1 Å². The predicted molar refractivity (Wildman–Crippen MR) is 103 cm³/mol. The van der Waals surface area contributed by atoms with Crippen molar-refractivity contribution in [1.82, 2.24) is 9.88 Å². The van der Waals surface area contributed by atoms with E-state index in [0.717, 1.165) is 6.08 Å². The third kappa shape index (κ3) is 4.50. The van der Waals surface area contributed by atoms with Crippen LogP contribution in [0.1, 0.15) is 0 Å². The molecule has 146 valence electrons.